The van der Waals surface area contributed by atoms with Crippen LogP contribution in [0.25, 0.3) is 0 Å². The Morgan fingerprint density at radius 3 is 2.36 bits per heavy atom. The zero-order chi connectivity index (χ0) is 16.2. The maximum atomic E-state index is 12.1. The minimum Gasteiger partial charge on any atom is -0.406 e. The molecule has 0 saturated carbocycles. The van der Waals surface area contributed by atoms with Crippen molar-refractivity contribution in [1.29, 1.82) is 5.26 Å². The number of benzene rings is 1. The number of anilines is 1. The van der Waals surface area contributed by atoms with Gasteiger partial charge in [0.1, 0.15) is 17.6 Å². The van der Waals surface area contributed by atoms with Gasteiger partial charge >= 0.3 is 6.36 Å². The van der Waals surface area contributed by atoms with E-state index in [0.717, 1.165) is 5.56 Å². The fourth-order valence-corrected chi connectivity index (χ4v) is 1.81. The zero-order valence-electron chi connectivity index (χ0n) is 11.6. The molecule has 0 radical (unpaired) electrons. The molecular weight excluding hydrogens is 295 g/mol. The molecule has 0 aliphatic carbocycles. The highest BCUT2D eigenvalue weighted by Crippen LogP contribution is 2.25. The van der Waals surface area contributed by atoms with E-state index in [-0.39, 0.29) is 11.8 Å². The van der Waals surface area contributed by atoms with E-state index in [2.05, 4.69) is 15.0 Å². The van der Waals surface area contributed by atoms with Gasteiger partial charge < -0.3 is 10.1 Å². The molecule has 0 amide bonds. The minimum absolute atomic E-state index is 0.166. The number of nitrogens with zero attached hydrogens (tertiary/aromatic N) is 2. The van der Waals surface area contributed by atoms with E-state index in [1.165, 1.54) is 18.3 Å². The quantitative estimate of drug-likeness (QED) is 0.926. The van der Waals surface area contributed by atoms with Crippen molar-refractivity contribution < 1.29 is 17.9 Å². The van der Waals surface area contributed by atoms with Gasteiger partial charge in [0.2, 0.25) is 0 Å². The molecule has 1 aromatic carbocycles. The molecule has 114 valence electrons. The second kappa shape index (κ2) is 6.35. The predicted molar refractivity (Wildman–Crippen MR) is 74.1 cm³/mol. The Morgan fingerprint density at radius 2 is 1.86 bits per heavy atom. The summed E-state index contributed by atoms with van der Waals surface area (Å²) >= 11 is 0. The summed E-state index contributed by atoms with van der Waals surface area (Å²) in [6, 6.07) is 10.7. The lowest BCUT2D eigenvalue weighted by molar-refractivity contribution is -0.274. The van der Waals surface area contributed by atoms with Gasteiger partial charge in [-0.05, 0) is 36.8 Å². The summed E-state index contributed by atoms with van der Waals surface area (Å²) in [4.78, 5) is 4.07. The molecule has 0 fully saturated rings. The van der Waals surface area contributed by atoms with Gasteiger partial charge in [0, 0.05) is 12.2 Å². The first-order chi connectivity index (χ1) is 10.4. The van der Waals surface area contributed by atoms with Crippen LogP contribution in [-0.2, 0) is 0 Å². The van der Waals surface area contributed by atoms with Gasteiger partial charge in [-0.3, -0.25) is 0 Å². The Hall–Kier alpha value is -2.75. The van der Waals surface area contributed by atoms with Crippen LogP contribution >= 0.6 is 0 Å². The SMILES string of the molecule is C[C@H](Nc1ccc(C#N)cn1)c1ccc(OC(F)(F)F)cc1. The molecule has 1 N–H and O–H groups in total. The maximum absolute atomic E-state index is 12.1. The largest absolute Gasteiger partial charge is 0.573 e. The van der Waals surface area contributed by atoms with Crippen LogP contribution in [0.1, 0.15) is 24.1 Å². The van der Waals surface area contributed by atoms with E-state index < -0.39 is 6.36 Å². The van der Waals surface area contributed by atoms with Gasteiger partial charge in [0.25, 0.3) is 0 Å². The van der Waals surface area contributed by atoms with Gasteiger partial charge in [-0.15, -0.1) is 13.2 Å². The third kappa shape index (κ3) is 4.38. The van der Waals surface area contributed by atoms with Crippen LogP contribution in [0, 0.1) is 11.3 Å². The van der Waals surface area contributed by atoms with Crippen LogP contribution in [0.4, 0.5) is 19.0 Å². The number of rotatable bonds is 4. The van der Waals surface area contributed by atoms with Crippen molar-refractivity contribution in [3.05, 3.63) is 53.7 Å². The topological polar surface area (TPSA) is 57.9 Å². The fraction of sp³-hybridized carbons (Fsp3) is 0.200. The molecule has 2 aromatic rings. The predicted octanol–water partition coefficient (Wildman–Crippen LogP) is 4.02. The van der Waals surface area contributed by atoms with Crippen molar-refractivity contribution in [2.45, 2.75) is 19.3 Å². The lowest BCUT2D eigenvalue weighted by atomic mass is 10.1. The molecule has 0 aliphatic heterocycles. The Balaban J connectivity index is 2.03. The van der Waals surface area contributed by atoms with E-state index in [4.69, 9.17) is 5.26 Å². The lowest BCUT2D eigenvalue weighted by Crippen LogP contribution is -2.17. The molecule has 0 aliphatic rings. The van der Waals surface area contributed by atoms with Gasteiger partial charge in [-0.25, -0.2) is 4.98 Å². The molecule has 7 heteroatoms. The van der Waals surface area contributed by atoms with Crippen molar-refractivity contribution in [3.63, 3.8) is 0 Å². The second-order valence-corrected chi connectivity index (χ2v) is 4.53. The second-order valence-electron chi connectivity index (χ2n) is 4.53. The van der Waals surface area contributed by atoms with Gasteiger partial charge in [0.15, 0.2) is 0 Å². The highest BCUT2D eigenvalue weighted by Gasteiger charge is 2.31. The minimum atomic E-state index is -4.70. The summed E-state index contributed by atoms with van der Waals surface area (Å²) < 4.78 is 40.1. The molecule has 0 unspecified atom stereocenters. The highest BCUT2D eigenvalue weighted by atomic mass is 19.4. The molecule has 0 saturated heterocycles. The summed E-state index contributed by atoms with van der Waals surface area (Å²) in [5.41, 5.74) is 1.23. The summed E-state index contributed by atoms with van der Waals surface area (Å²) in [5.74, 6) is 0.307. The summed E-state index contributed by atoms with van der Waals surface area (Å²) in [6.45, 7) is 1.85. The van der Waals surface area contributed by atoms with E-state index in [1.807, 2.05) is 13.0 Å². The van der Waals surface area contributed by atoms with Crippen molar-refractivity contribution >= 4 is 5.82 Å². The lowest BCUT2D eigenvalue weighted by Gasteiger charge is -2.16. The van der Waals surface area contributed by atoms with E-state index in [0.29, 0.717) is 11.4 Å². The molecular formula is C15H12F3N3O. The molecule has 0 bridgehead atoms. The van der Waals surface area contributed by atoms with E-state index in [1.54, 1.807) is 24.3 Å². The summed E-state index contributed by atoms with van der Waals surface area (Å²) in [6.07, 6.45) is -3.26. The van der Waals surface area contributed by atoms with Gasteiger partial charge in [0.05, 0.1) is 5.56 Å². The molecule has 1 aromatic heterocycles. The first-order valence-electron chi connectivity index (χ1n) is 6.36. The normalized spacial score (nSPS) is 12.3. The van der Waals surface area contributed by atoms with E-state index in [9.17, 15) is 13.2 Å². The van der Waals surface area contributed by atoms with Crippen LogP contribution in [0.3, 0.4) is 0 Å². The number of nitrogens with one attached hydrogen (secondary N) is 1. The molecule has 4 nitrogen and oxygen atoms in total. The average molecular weight is 307 g/mol. The van der Waals surface area contributed by atoms with Crippen LogP contribution in [-0.4, -0.2) is 11.3 Å². The molecule has 22 heavy (non-hydrogen) atoms. The van der Waals surface area contributed by atoms with Crippen LogP contribution in [0.5, 0.6) is 5.75 Å². The fourth-order valence-electron chi connectivity index (χ4n) is 1.81. The third-order valence-corrected chi connectivity index (χ3v) is 2.87. The van der Waals surface area contributed by atoms with Crippen LogP contribution < -0.4 is 10.1 Å². The summed E-state index contributed by atoms with van der Waals surface area (Å²) in [5, 5.41) is 11.8. The monoisotopic (exact) mass is 307 g/mol. The number of alkyl halides is 3. The highest BCUT2D eigenvalue weighted by molar-refractivity contribution is 5.42. The molecule has 1 heterocycles. The van der Waals surface area contributed by atoms with Crippen molar-refractivity contribution in [2.24, 2.45) is 0 Å². The standard InChI is InChI=1S/C15H12F3N3O/c1-10(21-14-7-2-11(8-19)9-20-14)12-3-5-13(6-4-12)22-15(16,17)18/h2-7,9-10H,1H3,(H,20,21)/t10-/m0/s1. The Morgan fingerprint density at radius 1 is 1.18 bits per heavy atom. The first kappa shape index (κ1) is 15.6. The number of halogens is 3. The number of ether oxygens (including phenoxy) is 1. The van der Waals surface area contributed by atoms with Crippen LogP contribution in [0.2, 0.25) is 0 Å². The number of aromatic nitrogens is 1. The maximum Gasteiger partial charge on any atom is 0.573 e. The molecule has 1 atom stereocenters. The van der Waals surface area contributed by atoms with Gasteiger partial charge in [-0.1, -0.05) is 12.1 Å². The van der Waals surface area contributed by atoms with Crippen molar-refractivity contribution in [1.82, 2.24) is 4.98 Å². The first-order valence-corrected chi connectivity index (χ1v) is 6.36. The molecule has 0 spiro atoms. The Bertz CT molecular complexity index is 660. The third-order valence-electron chi connectivity index (χ3n) is 2.87. The number of hydrogen-bond donors (Lipinski definition) is 1. The smallest absolute Gasteiger partial charge is 0.406 e. The van der Waals surface area contributed by atoms with Crippen molar-refractivity contribution in [3.8, 4) is 11.8 Å². The van der Waals surface area contributed by atoms with E-state index >= 15 is 0 Å². The molecule has 2 rings (SSSR count). The number of hydrogen-bond acceptors (Lipinski definition) is 4. The Kier molecular flexibility index (Phi) is 4.51. The Labute approximate surface area is 125 Å². The number of nitriles is 1. The summed E-state index contributed by atoms with van der Waals surface area (Å²) in [7, 11) is 0. The van der Waals surface area contributed by atoms with Gasteiger partial charge in [-0.2, -0.15) is 5.26 Å². The van der Waals surface area contributed by atoms with Crippen molar-refractivity contribution in [2.75, 3.05) is 5.32 Å². The zero-order valence-corrected chi connectivity index (χ0v) is 11.6. The van der Waals surface area contributed by atoms with Crippen LogP contribution in [0.15, 0.2) is 42.6 Å². The average Bonchev–Trinajstić information content (AvgIpc) is 2.47. The number of pyridine rings is 1.